The highest BCUT2D eigenvalue weighted by molar-refractivity contribution is 5.85. The highest BCUT2D eigenvalue weighted by Gasteiger charge is 2.32. The predicted octanol–water partition coefficient (Wildman–Crippen LogP) is 2.04. The topological polar surface area (TPSA) is 65.6 Å². The maximum atomic E-state index is 12.0. The molecule has 1 aromatic heterocycles. The zero-order valence-electron chi connectivity index (χ0n) is 11.4. The van der Waals surface area contributed by atoms with Gasteiger partial charge in [-0.05, 0) is 25.0 Å². The molecule has 0 radical (unpaired) electrons. The fraction of sp³-hybridized carbons (Fsp3) is 0.400. The van der Waals surface area contributed by atoms with E-state index >= 15 is 0 Å². The van der Waals surface area contributed by atoms with Crippen molar-refractivity contribution in [2.75, 3.05) is 13.2 Å². The maximum Gasteiger partial charge on any atom is 0.410 e. The van der Waals surface area contributed by atoms with Crippen LogP contribution in [0.2, 0.25) is 0 Å². The number of benzene rings is 1. The van der Waals surface area contributed by atoms with Gasteiger partial charge in [0.15, 0.2) is 0 Å². The fourth-order valence-corrected chi connectivity index (χ4v) is 2.85. The van der Waals surface area contributed by atoms with Gasteiger partial charge in [0.2, 0.25) is 0 Å². The van der Waals surface area contributed by atoms with Crippen molar-refractivity contribution >= 4 is 17.0 Å². The van der Waals surface area contributed by atoms with Crippen molar-refractivity contribution in [3.8, 4) is 0 Å². The largest absolute Gasteiger partial charge is 0.450 e. The Kier molecular flexibility index (Phi) is 3.36. The van der Waals surface area contributed by atoms with Gasteiger partial charge >= 0.3 is 6.09 Å². The summed E-state index contributed by atoms with van der Waals surface area (Å²) in [7, 11) is 0. The Morgan fingerprint density at radius 2 is 2.30 bits per heavy atom. The molecule has 0 bridgehead atoms. The summed E-state index contributed by atoms with van der Waals surface area (Å²) in [6.07, 6.45) is 0.283. The molecule has 1 atom stereocenters. The fourth-order valence-electron chi connectivity index (χ4n) is 2.85. The molecular weight excluding hydrogens is 256 g/mol. The molecule has 1 aliphatic heterocycles. The molecule has 0 spiro atoms. The third-order valence-electron chi connectivity index (χ3n) is 3.82. The predicted molar refractivity (Wildman–Crippen MR) is 75.4 cm³/mol. The molecule has 2 aromatic rings. The first kappa shape index (κ1) is 13.0. The van der Waals surface area contributed by atoms with Gasteiger partial charge < -0.3 is 14.8 Å². The van der Waals surface area contributed by atoms with Gasteiger partial charge in [0.25, 0.3) is 0 Å². The van der Waals surface area contributed by atoms with Crippen LogP contribution in [0.5, 0.6) is 0 Å². The van der Waals surface area contributed by atoms with Gasteiger partial charge in [-0.15, -0.1) is 0 Å². The van der Waals surface area contributed by atoms with Crippen LogP contribution in [0.1, 0.15) is 18.2 Å². The number of amides is 1. The standard InChI is InChI=1S/C15H18N2O3/c1-2-20-15(19)17-8-14-12(7-10(17)9-18)11-5-3-4-6-13(11)16-14/h3-6,10,16,18H,2,7-9H2,1H3. The summed E-state index contributed by atoms with van der Waals surface area (Å²) >= 11 is 0. The Hall–Kier alpha value is -2.01. The van der Waals surface area contributed by atoms with Crippen molar-refractivity contribution < 1.29 is 14.6 Å². The molecule has 1 aromatic carbocycles. The van der Waals surface area contributed by atoms with Crippen molar-refractivity contribution in [3.05, 3.63) is 35.5 Å². The Morgan fingerprint density at radius 1 is 1.50 bits per heavy atom. The number of aromatic nitrogens is 1. The van der Waals surface area contributed by atoms with E-state index in [1.165, 1.54) is 10.9 Å². The SMILES string of the molecule is CCOC(=O)N1Cc2[nH]c3ccccc3c2CC1CO. The number of carbonyl (C=O) groups is 1. The summed E-state index contributed by atoms with van der Waals surface area (Å²) < 4.78 is 5.06. The normalized spacial score (nSPS) is 18.1. The number of H-pyrrole nitrogens is 1. The van der Waals surface area contributed by atoms with Crippen molar-refractivity contribution in [1.82, 2.24) is 9.88 Å². The second-order valence-electron chi connectivity index (χ2n) is 5.00. The van der Waals surface area contributed by atoms with Gasteiger partial charge in [-0.25, -0.2) is 4.79 Å². The number of para-hydroxylation sites is 1. The summed E-state index contributed by atoms with van der Waals surface area (Å²) in [6, 6.07) is 7.86. The molecule has 3 rings (SSSR count). The zero-order chi connectivity index (χ0) is 14.1. The van der Waals surface area contributed by atoms with Gasteiger partial charge in [-0.1, -0.05) is 18.2 Å². The lowest BCUT2D eigenvalue weighted by molar-refractivity contribution is 0.0632. The second kappa shape index (κ2) is 5.17. The van der Waals surface area contributed by atoms with E-state index in [4.69, 9.17) is 4.74 Å². The van der Waals surface area contributed by atoms with E-state index < -0.39 is 0 Å². The molecule has 2 N–H and O–H groups in total. The van der Waals surface area contributed by atoms with Crippen LogP contribution in [0, 0.1) is 0 Å². The molecule has 106 valence electrons. The molecule has 5 nitrogen and oxygen atoms in total. The molecule has 0 saturated carbocycles. The van der Waals surface area contributed by atoms with Gasteiger partial charge in [-0.2, -0.15) is 0 Å². The van der Waals surface area contributed by atoms with E-state index in [1.807, 2.05) is 18.2 Å². The van der Waals surface area contributed by atoms with E-state index in [-0.39, 0.29) is 18.7 Å². The summed E-state index contributed by atoms with van der Waals surface area (Å²) in [5.74, 6) is 0. The van der Waals surface area contributed by atoms with Crippen LogP contribution in [-0.4, -0.2) is 40.3 Å². The van der Waals surface area contributed by atoms with Crippen molar-refractivity contribution in [2.24, 2.45) is 0 Å². The molecule has 1 unspecified atom stereocenters. The van der Waals surface area contributed by atoms with Crippen LogP contribution in [0.25, 0.3) is 10.9 Å². The molecule has 1 aliphatic rings. The van der Waals surface area contributed by atoms with E-state index in [9.17, 15) is 9.90 Å². The number of nitrogens with one attached hydrogen (secondary N) is 1. The monoisotopic (exact) mass is 274 g/mol. The van der Waals surface area contributed by atoms with Crippen LogP contribution in [0.4, 0.5) is 4.79 Å². The molecule has 2 heterocycles. The smallest absolute Gasteiger partial charge is 0.410 e. The number of carbonyl (C=O) groups excluding carboxylic acids is 1. The summed E-state index contributed by atoms with van der Waals surface area (Å²) in [6.45, 7) is 2.52. The van der Waals surface area contributed by atoms with Crippen LogP contribution in [-0.2, 0) is 17.7 Å². The summed E-state index contributed by atoms with van der Waals surface area (Å²) in [5, 5.41) is 10.7. The number of rotatable bonds is 2. The zero-order valence-corrected chi connectivity index (χ0v) is 11.4. The van der Waals surface area contributed by atoms with Crippen LogP contribution < -0.4 is 0 Å². The lowest BCUT2D eigenvalue weighted by Gasteiger charge is -2.33. The molecule has 20 heavy (non-hydrogen) atoms. The minimum Gasteiger partial charge on any atom is -0.450 e. The first-order chi connectivity index (χ1) is 9.74. The number of hydrogen-bond donors (Lipinski definition) is 2. The van der Waals surface area contributed by atoms with Crippen molar-refractivity contribution in [2.45, 2.75) is 25.9 Å². The van der Waals surface area contributed by atoms with Gasteiger partial charge in [-0.3, -0.25) is 4.90 Å². The Balaban J connectivity index is 1.98. The average Bonchev–Trinajstić information content (AvgIpc) is 2.83. The Bertz CT molecular complexity index is 635. The molecule has 1 amide bonds. The number of ether oxygens (including phenoxy) is 1. The molecule has 0 aliphatic carbocycles. The van der Waals surface area contributed by atoms with Gasteiger partial charge in [0.05, 0.1) is 25.8 Å². The minimum absolute atomic E-state index is 0.0578. The minimum atomic E-state index is -0.365. The highest BCUT2D eigenvalue weighted by atomic mass is 16.6. The average molecular weight is 274 g/mol. The van der Waals surface area contributed by atoms with Gasteiger partial charge in [0.1, 0.15) is 0 Å². The maximum absolute atomic E-state index is 12.0. The quantitative estimate of drug-likeness (QED) is 0.880. The third-order valence-corrected chi connectivity index (χ3v) is 3.82. The van der Waals surface area contributed by atoms with Crippen molar-refractivity contribution in [3.63, 3.8) is 0 Å². The Morgan fingerprint density at radius 3 is 3.05 bits per heavy atom. The number of fused-ring (bicyclic) bond motifs is 3. The highest BCUT2D eigenvalue weighted by Crippen LogP contribution is 2.30. The van der Waals surface area contributed by atoms with Crippen LogP contribution >= 0.6 is 0 Å². The second-order valence-corrected chi connectivity index (χ2v) is 5.00. The van der Waals surface area contributed by atoms with Crippen molar-refractivity contribution in [1.29, 1.82) is 0 Å². The summed E-state index contributed by atoms with van der Waals surface area (Å²) in [5.41, 5.74) is 3.30. The van der Waals surface area contributed by atoms with Crippen LogP contribution in [0.15, 0.2) is 24.3 Å². The number of nitrogens with zero attached hydrogens (tertiary/aromatic N) is 1. The molecule has 5 heteroatoms. The lowest BCUT2D eigenvalue weighted by Crippen LogP contribution is -2.46. The first-order valence-corrected chi connectivity index (χ1v) is 6.87. The number of hydrogen-bond acceptors (Lipinski definition) is 3. The third kappa shape index (κ3) is 2.04. The number of aliphatic hydroxyl groups is 1. The first-order valence-electron chi connectivity index (χ1n) is 6.87. The van der Waals surface area contributed by atoms with E-state index in [0.717, 1.165) is 11.2 Å². The van der Waals surface area contributed by atoms with E-state index in [1.54, 1.807) is 11.8 Å². The lowest BCUT2D eigenvalue weighted by atomic mass is 9.97. The molecular formula is C15H18N2O3. The van der Waals surface area contributed by atoms with E-state index in [2.05, 4.69) is 11.1 Å². The van der Waals surface area contributed by atoms with Crippen LogP contribution in [0.3, 0.4) is 0 Å². The number of aromatic amines is 1. The summed E-state index contributed by atoms with van der Waals surface area (Å²) in [4.78, 5) is 16.9. The molecule has 0 fully saturated rings. The number of aliphatic hydroxyl groups excluding tert-OH is 1. The van der Waals surface area contributed by atoms with E-state index in [0.29, 0.717) is 19.6 Å². The van der Waals surface area contributed by atoms with Gasteiger partial charge in [0, 0.05) is 16.6 Å². The Labute approximate surface area is 117 Å². The molecule has 0 saturated heterocycles.